The molecule has 3 atom stereocenters. The van der Waals surface area contributed by atoms with Crippen LogP contribution in [0.2, 0.25) is 0 Å². The molecule has 0 N–H and O–H groups in total. The van der Waals surface area contributed by atoms with E-state index in [4.69, 9.17) is 14.8 Å². The molecule has 1 aliphatic carbocycles. The number of fused-ring (bicyclic) bond motifs is 3. The van der Waals surface area contributed by atoms with Gasteiger partial charge in [-0.15, -0.1) is 0 Å². The summed E-state index contributed by atoms with van der Waals surface area (Å²) in [6, 6.07) is 25.9. The highest BCUT2D eigenvalue weighted by Gasteiger charge is 2.36. The predicted octanol–water partition coefficient (Wildman–Crippen LogP) is 12.9. The van der Waals surface area contributed by atoms with Gasteiger partial charge in [-0.2, -0.15) is 5.10 Å². The highest BCUT2D eigenvalue weighted by Crippen LogP contribution is 2.47. The van der Waals surface area contributed by atoms with Crippen molar-refractivity contribution in [2.24, 2.45) is 17.3 Å². The monoisotopic (exact) mass is 692 g/mol. The number of rotatable bonds is 6. The van der Waals surface area contributed by atoms with Gasteiger partial charge in [-0.05, 0) is 109 Å². The molecule has 0 spiro atoms. The zero-order valence-electron chi connectivity index (χ0n) is 33.3. The number of para-hydroxylation sites is 1. The van der Waals surface area contributed by atoms with Gasteiger partial charge in [0.2, 0.25) is 0 Å². The number of aryl methyl sites for hydroxylation is 1. The van der Waals surface area contributed by atoms with Crippen molar-refractivity contribution >= 4 is 21.8 Å². The molecule has 3 aromatic heterocycles. The third kappa shape index (κ3) is 6.48. The molecule has 3 aromatic carbocycles. The molecule has 52 heavy (non-hydrogen) atoms. The Morgan fingerprint density at radius 1 is 0.808 bits per heavy atom. The fourth-order valence-electron chi connectivity index (χ4n) is 8.47. The second kappa shape index (κ2) is 13.1. The summed E-state index contributed by atoms with van der Waals surface area (Å²) in [5, 5.41) is 7.57. The zero-order chi connectivity index (χ0) is 37.3. The third-order valence-corrected chi connectivity index (χ3v) is 11.5. The lowest BCUT2D eigenvalue weighted by atomic mass is 9.65. The number of allylic oxidation sites excluding steroid dienone is 2. The maximum Gasteiger partial charge on any atom is 0.137 e. The van der Waals surface area contributed by atoms with E-state index >= 15 is 0 Å². The van der Waals surface area contributed by atoms with Crippen LogP contribution in [0.25, 0.3) is 33.3 Å². The van der Waals surface area contributed by atoms with Gasteiger partial charge in [0.25, 0.3) is 0 Å². The molecule has 6 aromatic rings. The number of hydrogen-bond acceptors (Lipinski definition) is 3. The molecular weight excluding hydrogens is 637 g/mol. The minimum atomic E-state index is 0.00952. The van der Waals surface area contributed by atoms with Gasteiger partial charge >= 0.3 is 0 Å². The van der Waals surface area contributed by atoms with Crippen molar-refractivity contribution in [1.29, 1.82) is 0 Å². The van der Waals surface area contributed by atoms with E-state index < -0.39 is 0 Å². The summed E-state index contributed by atoms with van der Waals surface area (Å²) in [6.45, 7) is 27.5. The molecule has 270 valence electrons. The van der Waals surface area contributed by atoms with Crippen LogP contribution in [0, 0.1) is 31.1 Å². The number of aromatic nitrogens is 4. The Balaban J connectivity index is 1.30. The molecule has 1 unspecified atom stereocenters. The lowest BCUT2D eigenvalue weighted by Crippen LogP contribution is -2.28. The van der Waals surface area contributed by atoms with E-state index in [-0.39, 0.29) is 10.8 Å². The molecule has 0 aliphatic heterocycles. The smallest absolute Gasteiger partial charge is 0.137 e. The van der Waals surface area contributed by atoms with E-state index in [1.807, 2.05) is 6.20 Å². The van der Waals surface area contributed by atoms with E-state index in [0.717, 1.165) is 39.7 Å². The van der Waals surface area contributed by atoms with E-state index in [2.05, 4.69) is 171 Å². The second-order valence-corrected chi connectivity index (χ2v) is 17.8. The summed E-state index contributed by atoms with van der Waals surface area (Å²) >= 11 is 0. The molecule has 5 heteroatoms. The summed E-state index contributed by atoms with van der Waals surface area (Å²) in [4.78, 5) is 4.87. The summed E-state index contributed by atoms with van der Waals surface area (Å²) in [6.07, 6.45) is 5.66. The van der Waals surface area contributed by atoms with Crippen LogP contribution in [0.3, 0.4) is 0 Å². The predicted molar refractivity (Wildman–Crippen MR) is 218 cm³/mol. The molecule has 5 nitrogen and oxygen atoms in total. The lowest BCUT2D eigenvalue weighted by molar-refractivity contribution is 0.224. The van der Waals surface area contributed by atoms with Crippen LogP contribution in [-0.2, 0) is 5.41 Å². The van der Waals surface area contributed by atoms with Crippen LogP contribution in [0.4, 0.5) is 0 Å². The van der Waals surface area contributed by atoms with Crippen molar-refractivity contribution < 1.29 is 4.74 Å². The van der Waals surface area contributed by atoms with Crippen LogP contribution < -0.4 is 4.74 Å². The lowest BCUT2D eigenvalue weighted by Gasteiger charge is -2.39. The number of pyridine rings is 1. The quantitative estimate of drug-likeness (QED) is 0.163. The molecule has 0 saturated heterocycles. The number of benzene rings is 3. The second-order valence-electron chi connectivity index (χ2n) is 17.8. The first-order valence-electron chi connectivity index (χ1n) is 19.1. The summed E-state index contributed by atoms with van der Waals surface area (Å²) in [5.41, 5.74) is 11.1. The van der Waals surface area contributed by atoms with Gasteiger partial charge in [0.1, 0.15) is 17.3 Å². The zero-order valence-corrected chi connectivity index (χ0v) is 33.3. The van der Waals surface area contributed by atoms with E-state index in [1.165, 1.54) is 45.2 Å². The maximum atomic E-state index is 6.79. The topological polar surface area (TPSA) is 44.9 Å². The van der Waals surface area contributed by atoms with E-state index in [1.54, 1.807) is 0 Å². The number of ether oxygens (including phenoxy) is 1. The Kier molecular flexibility index (Phi) is 9.00. The van der Waals surface area contributed by atoms with Crippen molar-refractivity contribution in [3.8, 4) is 23.0 Å². The fourth-order valence-corrected chi connectivity index (χ4v) is 8.47. The SMILES string of the molecule is CC1=C[C@H](C(C)(C)C)C[C@H](C)C1c1c(C)nn(-c2cc(Oc3ccc4c5ccccc5n(-c5cc(C(C)(C)C)ccn5)c4c3)cc(C(C)C)c2)c1C. The summed E-state index contributed by atoms with van der Waals surface area (Å²) in [5.74, 6) is 4.32. The van der Waals surface area contributed by atoms with Crippen molar-refractivity contribution in [3.05, 3.63) is 119 Å². The Morgan fingerprint density at radius 3 is 2.23 bits per heavy atom. The average molecular weight is 693 g/mol. The Morgan fingerprint density at radius 2 is 1.54 bits per heavy atom. The fraction of sp³-hybridized carbons (Fsp3) is 0.404. The van der Waals surface area contributed by atoms with Crippen molar-refractivity contribution in [2.45, 2.75) is 107 Å². The van der Waals surface area contributed by atoms with Gasteiger partial charge in [0.05, 0.1) is 22.4 Å². The van der Waals surface area contributed by atoms with Crippen LogP contribution in [0.5, 0.6) is 11.5 Å². The Labute approximate surface area is 310 Å². The molecule has 0 amide bonds. The first-order chi connectivity index (χ1) is 24.5. The van der Waals surface area contributed by atoms with Crippen LogP contribution >= 0.6 is 0 Å². The van der Waals surface area contributed by atoms with Gasteiger partial charge in [-0.1, -0.05) is 92.2 Å². The molecule has 7 rings (SSSR count). The van der Waals surface area contributed by atoms with Gasteiger partial charge in [-0.3, -0.25) is 4.57 Å². The number of nitrogens with zero attached hydrogens (tertiary/aromatic N) is 4. The van der Waals surface area contributed by atoms with Crippen molar-refractivity contribution in [1.82, 2.24) is 19.3 Å². The molecule has 1 aliphatic rings. The minimum absolute atomic E-state index is 0.00952. The maximum absolute atomic E-state index is 6.79. The molecule has 0 saturated carbocycles. The molecule has 0 fully saturated rings. The molecule has 3 heterocycles. The van der Waals surface area contributed by atoms with Gasteiger partial charge < -0.3 is 4.74 Å². The van der Waals surface area contributed by atoms with E-state index in [9.17, 15) is 0 Å². The van der Waals surface area contributed by atoms with Crippen LogP contribution in [0.15, 0.2) is 90.6 Å². The van der Waals surface area contributed by atoms with Crippen molar-refractivity contribution in [2.75, 3.05) is 0 Å². The highest BCUT2D eigenvalue weighted by molar-refractivity contribution is 6.09. The van der Waals surface area contributed by atoms with Crippen molar-refractivity contribution in [3.63, 3.8) is 0 Å². The van der Waals surface area contributed by atoms with Gasteiger partial charge in [-0.25, -0.2) is 9.67 Å². The number of hydrogen-bond donors (Lipinski definition) is 0. The molecule has 0 bridgehead atoms. The van der Waals surface area contributed by atoms with Gasteiger partial charge in [0, 0.05) is 46.3 Å². The first-order valence-corrected chi connectivity index (χ1v) is 19.1. The summed E-state index contributed by atoms with van der Waals surface area (Å²) < 4.78 is 11.2. The van der Waals surface area contributed by atoms with Crippen LogP contribution in [0.1, 0.15) is 116 Å². The van der Waals surface area contributed by atoms with Gasteiger partial charge in [0.15, 0.2) is 0 Å². The minimum Gasteiger partial charge on any atom is -0.457 e. The largest absolute Gasteiger partial charge is 0.457 e. The standard InChI is InChI=1S/C47H56N4O/c1-28(2)33-23-36(51-32(6)45(31(5)49-51)44-29(3)21-35(22-30(44)4)47(10,11)12)26-38(24-33)52-37-17-18-40-39-15-13-14-16-41(39)50(42(40)27-37)43-25-34(19-20-48-43)46(7,8)9/h13-21,23-28,30,35,44H,22H2,1-12H3/t30-,35-,44?/m0/s1. The Bertz CT molecular complexity index is 2320. The van der Waals surface area contributed by atoms with E-state index in [0.29, 0.717) is 23.7 Å². The molecule has 0 radical (unpaired) electrons. The van der Waals surface area contributed by atoms with Crippen LogP contribution in [-0.4, -0.2) is 19.3 Å². The summed E-state index contributed by atoms with van der Waals surface area (Å²) in [7, 11) is 0. The molecular formula is C47H56N4O. The Hall–Kier alpha value is -4.64. The third-order valence-electron chi connectivity index (χ3n) is 11.5. The first kappa shape index (κ1) is 35.7. The normalized spacial score (nSPS) is 18.4. The highest BCUT2D eigenvalue weighted by atomic mass is 16.5. The average Bonchev–Trinajstić information content (AvgIpc) is 3.56.